The van der Waals surface area contributed by atoms with Crippen LogP contribution in [-0.4, -0.2) is 42.4 Å². The summed E-state index contributed by atoms with van der Waals surface area (Å²) in [7, 11) is 0. The Bertz CT molecular complexity index is 486. The number of rotatable bonds is 5. The SMILES string of the molecule is C=CCOCCN1CCC2CC1Cc1c(O)cccc12. The lowest BCUT2D eigenvalue weighted by atomic mass is 9.75. The first kappa shape index (κ1) is 13.7. The van der Waals surface area contributed by atoms with Crippen LogP contribution in [0.3, 0.4) is 0 Å². The fourth-order valence-electron chi connectivity index (χ4n) is 3.67. The minimum absolute atomic E-state index is 0.474. The molecule has 1 N–H and O–H groups in total. The highest BCUT2D eigenvalue weighted by molar-refractivity contribution is 5.44. The summed E-state index contributed by atoms with van der Waals surface area (Å²) in [6.45, 7) is 7.18. The molecule has 3 heteroatoms. The van der Waals surface area contributed by atoms with Gasteiger partial charge in [-0.15, -0.1) is 6.58 Å². The number of likely N-dealkylation sites (tertiary alicyclic amines) is 1. The van der Waals surface area contributed by atoms with Crippen LogP contribution in [0.2, 0.25) is 0 Å². The van der Waals surface area contributed by atoms with E-state index in [-0.39, 0.29) is 0 Å². The van der Waals surface area contributed by atoms with Gasteiger partial charge in [0.05, 0.1) is 13.2 Å². The van der Waals surface area contributed by atoms with Crippen molar-refractivity contribution in [2.75, 3.05) is 26.3 Å². The maximum atomic E-state index is 10.1. The Labute approximate surface area is 120 Å². The first-order chi connectivity index (χ1) is 9.79. The van der Waals surface area contributed by atoms with E-state index in [0.29, 0.717) is 24.3 Å². The predicted octanol–water partition coefficient (Wildman–Crippen LogP) is 2.70. The van der Waals surface area contributed by atoms with E-state index in [1.54, 1.807) is 6.08 Å². The normalized spacial score (nSPS) is 25.2. The van der Waals surface area contributed by atoms with E-state index in [4.69, 9.17) is 4.74 Å². The Balaban J connectivity index is 1.68. The zero-order valence-electron chi connectivity index (χ0n) is 11.9. The standard InChI is InChI=1S/C17H23NO2/c1-2-9-20-10-8-18-7-6-13-11-14(18)12-16-15(13)4-3-5-17(16)19/h2-5,13-14,19H,1,6-12H2. The Morgan fingerprint density at radius 1 is 1.45 bits per heavy atom. The van der Waals surface area contributed by atoms with Crippen molar-refractivity contribution in [1.82, 2.24) is 4.90 Å². The number of ether oxygens (including phenoxy) is 1. The van der Waals surface area contributed by atoms with Gasteiger partial charge in [0.15, 0.2) is 0 Å². The summed E-state index contributed by atoms with van der Waals surface area (Å²) in [6.07, 6.45) is 5.17. The Hall–Kier alpha value is -1.32. The van der Waals surface area contributed by atoms with E-state index in [0.717, 1.165) is 26.1 Å². The van der Waals surface area contributed by atoms with Gasteiger partial charge in [-0.1, -0.05) is 18.2 Å². The van der Waals surface area contributed by atoms with Crippen molar-refractivity contribution in [3.05, 3.63) is 42.0 Å². The van der Waals surface area contributed by atoms with Gasteiger partial charge >= 0.3 is 0 Å². The molecule has 0 radical (unpaired) electrons. The van der Waals surface area contributed by atoms with E-state index in [1.165, 1.54) is 24.0 Å². The van der Waals surface area contributed by atoms with Crippen LogP contribution in [0.5, 0.6) is 5.75 Å². The smallest absolute Gasteiger partial charge is 0.119 e. The molecule has 0 amide bonds. The molecule has 0 spiro atoms. The van der Waals surface area contributed by atoms with E-state index >= 15 is 0 Å². The van der Waals surface area contributed by atoms with E-state index < -0.39 is 0 Å². The van der Waals surface area contributed by atoms with Gasteiger partial charge in [0, 0.05) is 12.6 Å². The summed E-state index contributed by atoms with van der Waals surface area (Å²) in [5, 5.41) is 10.1. The third-order valence-corrected chi connectivity index (χ3v) is 4.66. The summed E-state index contributed by atoms with van der Waals surface area (Å²) >= 11 is 0. The molecule has 1 aliphatic heterocycles. The molecule has 2 atom stereocenters. The third-order valence-electron chi connectivity index (χ3n) is 4.66. The molecular formula is C17H23NO2. The number of aromatic hydroxyl groups is 1. The molecule has 0 saturated carbocycles. The van der Waals surface area contributed by atoms with Crippen LogP contribution in [0, 0.1) is 0 Å². The van der Waals surface area contributed by atoms with Crippen LogP contribution in [0.1, 0.15) is 29.9 Å². The van der Waals surface area contributed by atoms with Gasteiger partial charge in [0.2, 0.25) is 0 Å². The maximum absolute atomic E-state index is 10.1. The van der Waals surface area contributed by atoms with Crippen molar-refractivity contribution in [1.29, 1.82) is 0 Å². The molecule has 2 unspecified atom stereocenters. The van der Waals surface area contributed by atoms with E-state index in [1.807, 2.05) is 12.1 Å². The summed E-state index contributed by atoms with van der Waals surface area (Å²) in [5.74, 6) is 1.10. The topological polar surface area (TPSA) is 32.7 Å². The number of fused-ring (bicyclic) bond motifs is 4. The predicted molar refractivity (Wildman–Crippen MR) is 80.2 cm³/mol. The molecule has 3 rings (SSSR count). The van der Waals surface area contributed by atoms with Crippen LogP contribution in [-0.2, 0) is 11.2 Å². The fourth-order valence-corrected chi connectivity index (χ4v) is 3.67. The van der Waals surface area contributed by atoms with Crippen molar-refractivity contribution in [2.45, 2.75) is 31.2 Å². The second-order valence-corrected chi connectivity index (χ2v) is 5.82. The first-order valence-corrected chi connectivity index (χ1v) is 7.53. The highest BCUT2D eigenvalue weighted by Crippen LogP contribution is 2.42. The van der Waals surface area contributed by atoms with Gasteiger partial charge in [-0.05, 0) is 48.9 Å². The van der Waals surface area contributed by atoms with Gasteiger partial charge < -0.3 is 9.84 Å². The zero-order chi connectivity index (χ0) is 13.9. The van der Waals surface area contributed by atoms with Crippen molar-refractivity contribution >= 4 is 0 Å². The lowest BCUT2D eigenvalue weighted by molar-refractivity contribution is 0.0724. The van der Waals surface area contributed by atoms with Crippen molar-refractivity contribution < 1.29 is 9.84 Å². The van der Waals surface area contributed by atoms with Gasteiger partial charge in [-0.3, -0.25) is 4.90 Å². The molecule has 0 aromatic heterocycles. The van der Waals surface area contributed by atoms with Crippen molar-refractivity contribution in [3.8, 4) is 5.75 Å². The lowest BCUT2D eigenvalue weighted by Gasteiger charge is -2.44. The number of nitrogens with zero attached hydrogens (tertiary/aromatic N) is 1. The number of benzene rings is 1. The van der Waals surface area contributed by atoms with Crippen LogP contribution in [0.4, 0.5) is 0 Å². The minimum atomic E-state index is 0.474. The van der Waals surface area contributed by atoms with Crippen LogP contribution in [0.15, 0.2) is 30.9 Å². The molecule has 2 aliphatic rings. The molecule has 2 bridgehead atoms. The molecule has 3 nitrogen and oxygen atoms in total. The summed E-state index contributed by atoms with van der Waals surface area (Å²) in [5.41, 5.74) is 2.55. The Morgan fingerprint density at radius 2 is 2.35 bits per heavy atom. The van der Waals surface area contributed by atoms with Gasteiger partial charge in [0.25, 0.3) is 0 Å². The molecule has 1 aromatic carbocycles. The second kappa shape index (κ2) is 5.98. The molecule has 1 fully saturated rings. The summed E-state index contributed by atoms with van der Waals surface area (Å²) in [6, 6.07) is 6.54. The number of piperidine rings is 1. The number of phenolic OH excluding ortho intramolecular Hbond substituents is 1. The fraction of sp³-hybridized carbons (Fsp3) is 0.529. The average Bonchev–Trinajstić information content (AvgIpc) is 2.47. The number of phenols is 1. The second-order valence-electron chi connectivity index (χ2n) is 5.82. The van der Waals surface area contributed by atoms with Crippen LogP contribution < -0.4 is 0 Å². The highest BCUT2D eigenvalue weighted by atomic mass is 16.5. The van der Waals surface area contributed by atoms with E-state index in [9.17, 15) is 5.11 Å². The lowest BCUT2D eigenvalue weighted by Crippen LogP contribution is -2.47. The summed E-state index contributed by atoms with van der Waals surface area (Å²) in [4.78, 5) is 2.52. The van der Waals surface area contributed by atoms with Gasteiger partial charge in [-0.2, -0.15) is 0 Å². The molecule has 20 heavy (non-hydrogen) atoms. The van der Waals surface area contributed by atoms with Crippen LogP contribution in [0.25, 0.3) is 0 Å². The molecule has 1 heterocycles. The molecule has 1 aliphatic carbocycles. The minimum Gasteiger partial charge on any atom is -0.508 e. The summed E-state index contributed by atoms with van der Waals surface area (Å²) < 4.78 is 5.51. The maximum Gasteiger partial charge on any atom is 0.119 e. The zero-order valence-corrected chi connectivity index (χ0v) is 11.9. The largest absolute Gasteiger partial charge is 0.508 e. The van der Waals surface area contributed by atoms with Gasteiger partial charge in [0.1, 0.15) is 5.75 Å². The van der Waals surface area contributed by atoms with Crippen LogP contribution >= 0.6 is 0 Å². The molecule has 1 aromatic rings. The highest BCUT2D eigenvalue weighted by Gasteiger charge is 2.35. The Kier molecular flexibility index (Phi) is 4.08. The van der Waals surface area contributed by atoms with Crippen molar-refractivity contribution in [2.24, 2.45) is 0 Å². The van der Waals surface area contributed by atoms with Crippen molar-refractivity contribution in [3.63, 3.8) is 0 Å². The monoisotopic (exact) mass is 273 g/mol. The van der Waals surface area contributed by atoms with E-state index in [2.05, 4.69) is 17.5 Å². The third kappa shape index (κ3) is 2.60. The average molecular weight is 273 g/mol. The quantitative estimate of drug-likeness (QED) is 0.661. The number of hydrogen-bond donors (Lipinski definition) is 1. The molecule has 1 saturated heterocycles. The first-order valence-electron chi connectivity index (χ1n) is 7.53. The van der Waals surface area contributed by atoms with Gasteiger partial charge in [-0.25, -0.2) is 0 Å². The Morgan fingerprint density at radius 3 is 3.20 bits per heavy atom. The number of hydrogen-bond acceptors (Lipinski definition) is 3. The molecular weight excluding hydrogens is 250 g/mol. The molecule has 108 valence electrons.